The van der Waals surface area contributed by atoms with Crippen molar-refractivity contribution in [1.82, 2.24) is 0 Å². The molecule has 0 N–H and O–H groups in total. The van der Waals surface area contributed by atoms with Crippen molar-refractivity contribution < 1.29 is 33.3 Å². The van der Waals surface area contributed by atoms with E-state index in [2.05, 4.69) is 0 Å². The van der Waals surface area contributed by atoms with Gasteiger partial charge in [0, 0.05) is 21.7 Å². The smallest absolute Gasteiger partial charge is 0.344 e. The normalized spacial score (nSPS) is 25.7. The first-order chi connectivity index (χ1) is 15.6. The van der Waals surface area contributed by atoms with Crippen LogP contribution in [0.4, 0.5) is 0 Å². The fraction of sp³-hybridized carbons (Fsp3) is 0.786. The molecule has 0 fully saturated rings. The summed E-state index contributed by atoms with van der Waals surface area (Å²) in [7, 11) is 0. The number of ether oxygens (including phenoxy) is 5. The molecule has 0 saturated heterocycles. The molecule has 2 aliphatic rings. The van der Waals surface area contributed by atoms with E-state index in [1.807, 2.05) is 83.1 Å². The predicted octanol–water partition coefficient (Wildman–Crippen LogP) is 6.27. The lowest BCUT2D eigenvalue weighted by Crippen LogP contribution is -2.69. The summed E-state index contributed by atoms with van der Waals surface area (Å²) in [6, 6.07) is 0. The molecule has 0 aromatic rings. The third-order valence-electron chi connectivity index (χ3n) is 6.19. The van der Waals surface area contributed by atoms with Crippen molar-refractivity contribution in [3.8, 4) is 0 Å². The van der Waals surface area contributed by atoms with Crippen LogP contribution in [-0.2, 0) is 33.3 Å². The summed E-state index contributed by atoms with van der Waals surface area (Å²) in [6.07, 6.45) is 0. The summed E-state index contributed by atoms with van der Waals surface area (Å²) in [5.74, 6) is -3.56. The molecule has 0 radical (unpaired) electrons. The minimum absolute atomic E-state index is 0.181. The third-order valence-corrected chi connectivity index (χ3v) is 6.19. The molecule has 0 unspecified atom stereocenters. The van der Waals surface area contributed by atoms with Crippen LogP contribution in [0.15, 0.2) is 22.7 Å². The van der Waals surface area contributed by atoms with E-state index in [9.17, 15) is 9.59 Å². The summed E-state index contributed by atoms with van der Waals surface area (Å²) in [5.41, 5.74) is -2.43. The van der Waals surface area contributed by atoms with Crippen molar-refractivity contribution in [2.24, 2.45) is 21.7 Å². The maximum Gasteiger partial charge on any atom is 0.344 e. The molecule has 0 saturated carbocycles. The summed E-state index contributed by atoms with van der Waals surface area (Å²) in [4.78, 5) is 27.2. The van der Waals surface area contributed by atoms with Crippen molar-refractivity contribution in [3.63, 3.8) is 0 Å². The first-order valence-electron chi connectivity index (χ1n) is 12.5. The van der Waals surface area contributed by atoms with Crippen molar-refractivity contribution in [2.75, 3.05) is 13.2 Å². The quantitative estimate of drug-likeness (QED) is 0.426. The van der Waals surface area contributed by atoms with E-state index in [-0.39, 0.29) is 24.4 Å². The van der Waals surface area contributed by atoms with E-state index in [4.69, 9.17) is 23.7 Å². The second kappa shape index (κ2) is 8.82. The highest BCUT2D eigenvalue weighted by molar-refractivity contribution is 5.94. The summed E-state index contributed by atoms with van der Waals surface area (Å²) >= 11 is 0. The zero-order chi connectivity index (χ0) is 27.4. The first kappa shape index (κ1) is 29.2. The van der Waals surface area contributed by atoms with Gasteiger partial charge in [-0.2, -0.15) is 0 Å². The van der Waals surface area contributed by atoms with E-state index in [1.54, 1.807) is 13.8 Å². The lowest BCUT2D eigenvalue weighted by molar-refractivity contribution is -0.404. The van der Waals surface area contributed by atoms with Gasteiger partial charge in [0.1, 0.15) is 22.7 Å². The van der Waals surface area contributed by atoms with Gasteiger partial charge in [-0.25, -0.2) is 9.59 Å². The topological polar surface area (TPSA) is 80.3 Å². The summed E-state index contributed by atoms with van der Waals surface area (Å²) < 4.78 is 31.5. The number of carbonyl (C=O) groups excluding carboxylic acids is 2. The molecule has 2 heterocycles. The van der Waals surface area contributed by atoms with Gasteiger partial charge in [-0.15, -0.1) is 0 Å². The van der Waals surface area contributed by atoms with Gasteiger partial charge >= 0.3 is 11.9 Å². The molecule has 0 aliphatic carbocycles. The van der Waals surface area contributed by atoms with E-state index < -0.39 is 45.2 Å². The Bertz CT molecular complexity index is 852. The number of esters is 2. The largest absolute Gasteiger partial charge is 0.462 e. The van der Waals surface area contributed by atoms with Crippen molar-refractivity contribution in [3.05, 3.63) is 22.7 Å². The van der Waals surface area contributed by atoms with Crippen molar-refractivity contribution in [2.45, 2.75) is 109 Å². The molecule has 2 rings (SSSR count). The lowest BCUT2D eigenvalue weighted by atomic mass is 9.69. The number of hydrogen-bond acceptors (Lipinski definition) is 7. The minimum Gasteiger partial charge on any atom is -0.462 e. The second-order valence-corrected chi connectivity index (χ2v) is 13.4. The Balaban J connectivity index is 3.20. The van der Waals surface area contributed by atoms with Crippen LogP contribution in [0, 0.1) is 21.7 Å². The molecular formula is C28H46O7. The summed E-state index contributed by atoms with van der Waals surface area (Å²) in [6.45, 7) is 27.3. The highest BCUT2D eigenvalue weighted by Gasteiger charge is 2.72. The SMILES string of the molecule is CCOC(=O)C1=C(C(C)(C)C)O[C@@]2(C(C)(C)C)O[C@]1(C(C)(C)C)OC(C(C)(C)C)=C2C(=O)OCC. The minimum atomic E-state index is -1.59. The summed E-state index contributed by atoms with van der Waals surface area (Å²) in [5, 5.41) is 0. The number of hydrogen-bond donors (Lipinski definition) is 0. The molecule has 0 aromatic heterocycles. The molecule has 2 atom stereocenters. The Morgan fingerprint density at radius 2 is 0.914 bits per heavy atom. The molecule has 7 nitrogen and oxygen atoms in total. The Hall–Kier alpha value is -2.02. The standard InChI is InChI=1S/C28H46O7/c1-15-31-21(29)17-19(23(3,4)5)33-28(26(12,13)14)18(22(30)32-16-2)20(24(6,7)8)34-27(17,35-28)25(9,10)11/h15-16H2,1-14H3/t27-,28-/m1/s1. The molecule has 0 spiro atoms. The highest BCUT2D eigenvalue weighted by atomic mass is 16.8. The van der Waals surface area contributed by atoms with E-state index in [0.29, 0.717) is 11.5 Å². The monoisotopic (exact) mass is 494 g/mol. The van der Waals surface area contributed by atoms with Gasteiger partial charge in [-0.3, -0.25) is 4.74 Å². The van der Waals surface area contributed by atoms with Gasteiger partial charge in [-0.1, -0.05) is 83.1 Å². The highest BCUT2D eigenvalue weighted by Crippen LogP contribution is 2.63. The second-order valence-electron chi connectivity index (χ2n) is 13.4. The van der Waals surface area contributed by atoms with Crippen LogP contribution in [-0.4, -0.2) is 36.7 Å². The first-order valence-corrected chi connectivity index (χ1v) is 12.5. The Morgan fingerprint density at radius 1 is 0.629 bits per heavy atom. The van der Waals surface area contributed by atoms with Gasteiger partial charge in [-0.05, 0) is 13.8 Å². The average Bonchev–Trinajstić information content (AvgIpc) is 2.64. The van der Waals surface area contributed by atoms with Crippen LogP contribution in [0.2, 0.25) is 0 Å². The Kier molecular flexibility index (Phi) is 7.36. The van der Waals surface area contributed by atoms with Gasteiger partial charge in [0.2, 0.25) is 0 Å². The van der Waals surface area contributed by atoms with Crippen LogP contribution in [0.5, 0.6) is 0 Å². The Labute approximate surface area is 211 Å². The number of fused-ring (bicyclic) bond motifs is 2. The zero-order valence-electron chi connectivity index (χ0n) is 24.3. The van der Waals surface area contributed by atoms with Crippen molar-refractivity contribution in [1.29, 1.82) is 0 Å². The number of allylic oxidation sites excluding steroid dienone is 2. The van der Waals surface area contributed by atoms with E-state index >= 15 is 0 Å². The van der Waals surface area contributed by atoms with Gasteiger partial charge in [0.05, 0.1) is 13.2 Å². The molecule has 200 valence electrons. The van der Waals surface area contributed by atoms with Crippen molar-refractivity contribution >= 4 is 11.9 Å². The van der Waals surface area contributed by atoms with Gasteiger partial charge in [0.15, 0.2) is 0 Å². The van der Waals surface area contributed by atoms with Gasteiger partial charge < -0.3 is 18.9 Å². The average molecular weight is 495 g/mol. The van der Waals surface area contributed by atoms with Crippen LogP contribution in [0.3, 0.4) is 0 Å². The number of rotatable bonds is 4. The maximum absolute atomic E-state index is 13.6. The third kappa shape index (κ3) is 4.73. The van der Waals surface area contributed by atoms with Gasteiger partial charge in [0.25, 0.3) is 11.6 Å². The maximum atomic E-state index is 13.6. The Morgan fingerprint density at radius 3 is 1.11 bits per heavy atom. The molecule has 35 heavy (non-hydrogen) atoms. The van der Waals surface area contributed by atoms with Crippen LogP contribution >= 0.6 is 0 Å². The fourth-order valence-electron chi connectivity index (χ4n) is 4.42. The van der Waals surface area contributed by atoms with E-state index in [1.165, 1.54) is 0 Å². The van der Waals surface area contributed by atoms with Crippen LogP contribution in [0.1, 0.15) is 96.9 Å². The molecule has 2 aliphatic heterocycles. The molecule has 7 heteroatoms. The van der Waals surface area contributed by atoms with E-state index in [0.717, 1.165) is 0 Å². The molecule has 2 bridgehead atoms. The molecule has 0 aromatic carbocycles. The predicted molar refractivity (Wildman–Crippen MR) is 134 cm³/mol. The molecular weight excluding hydrogens is 448 g/mol. The zero-order valence-corrected chi connectivity index (χ0v) is 24.3. The number of carbonyl (C=O) groups is 2. The van der Waals surface area contributed by atoms with Crippen LogP contribution < -0.4 is 0 Å². The lowest BCUT2D eigenvalue weighted by Gasteiger charge is -2.61. The molecule has 0 amide bonds. The fourth-order valence-corrected chi connectivity index (χ4v) is 4.42. The van der Waals surface area contributed by atoms with Crippen LogP contribution in [0.25, 0.3) is 0 Å².